The summed E-state index contributed by atoms with van der Waals surface area (Å²) in [4.78, 5) is 0.308. The lowest BCUT2D eigenvalue weighted by atomic mass is 9.92. The summed E-state index contributed by atoms with van der Waals surface area (Å²) in [7, 11) is -3.61. The van der Waals surface area contributed by atoms with Gasteiger partial charge in [-0.2, -0.15) is 5.10 Å². The minimum atomic E-state index is -3.61. The molecule has 1 aromatic carbocycles. The molecule has 0 aliphatic heterocycles. The number of hydrogen-bond donors (Lipinski definition) is 1. The van der Waals surface area contributed by atoms with Crippen molar-refractivity contribution in [3.63, 3.8) is 0 Å². The number of nitrogens with one attached hydrogen (secondary N) is 1. The molecule has 1 N–H and O–H groups in total. The summed E-state index contributed by atoms with van der Waals surface area (Å²) in [6, 6.07) is 9.87. The average molecular weight is 362 g/mol. The Morgan fingerprint density at radius 2 is 1.80 bits per heavy atom. The normalized spacial score (nSPS) is 16.4. The van der Waals surface area contributed by atoms with E-state index in [1.807, 2.05) is 55.8 Å². The van der Waals surface area contributed by atoms with Crippen LogP contribution >= 0.6 is 0 Å². The van der Waals surface area contributed by atoms with Crippen LogP contribution in [0.25, 0.3) is 0 Å². The molecule has 3 rings (SSSR count). The van der Waals surface area contributed by atoms with Crippen molar-refractivity contribution in [2.24, 2.45) is 0 Å². The zero-order valence-corrected chi connectivity index (χ0v) is 16.0. The first-order chi connectivity index (χ1) is 11.8. The van der Waals surface area contributed by atoms with Gasteiger partial charge in [-0.25, -0.2) is 13.1 Å². The van der Waals surface area contributed by atoms with Gasteiger partial charge in [-0.3, -0.25) is 4.68 Å². The minimum Gasteiger partial charge on any atom is -0.268 e. The van der Waals surface area contributed by atoms with Gasteiger partial charge in [-0.1, -0.05) is 63.9 Å². The average Bonchev–Trinajstić information content (AvgIpc) is 3.22. The Morgan fingerprint density at radius 1 is 1.16 bits per heavy atom. The molecule has 25 heavy (non-hydrogen) atoms. The molecule has 1 aliphatic rings. The number of nitrogens with zero attached hydrogens (tertiary/aromatic N) is 2. The first-order valence-electron chi connectivity index (χ1n) is 8.90. The van der Waals surface area contributed by atoms with Gasteiger partial charge in [0.05, 0.1) is 11.7 Å². The molecule has 0 bridgehead atoms. The Morgan fingerprint density at radius 3 is 2.40 bits per heavy atom. The van der Waals surface area contributed by atoms with Crippen molar-refractivity contribution in [2.75, 3.05) is 0 Å². The molecule has 1 aromatic heterocycles. The maximum atomic E-state index is 12.9. The molecule has 1 aliphatic carbocycles. The summed E-state index contributed by atoms with van der Waals surface area (Å²) < 4.78 is 30.5. The quantitative estimate of drug-likeness (QED) is 0.881. The molecule has 1 saturated carbocycles. The molecule has 1 fully saturated rings. The van der Waals surface area contributed by atoms with E-state index in [4.69, 9.17) is 0 Å². The van der Waals surface area contributed by atoms with Gasteiger partial charge in [0.1, 0.15) is 4.90 Å². The van der Waals surface area contributed by atoms with Crippen LogP contribution in [0.4, 0.5) is 0 Å². The lowest BCUT2D eigenvalue weighted by molar-refractivity contribution is 0.448. The van der Waals surface area contributed by atoms with Crippen LogP contribution in [0.5, 0.6) is 0 Å². The molecule has 0 saturated heterocycles. The molecular weight excluding hydrogens is 334 g/mol. The summed E-state index contributed by atoms with van der Waals surface area (Å²) >= 11 is 0. The van der Waals surface area contributed by atoms with Gasteiger partial charge < -0.3 is 0 Å². The van der Waals surface area contributed by atoms with E-state index in [9.17, 15) is 8.42 Å². The Bertz CT molecular complexity index is 814. The van der Waals surface area contributed by atoms with Crippen molar-refractivity contribution >= 4 is 10.0 Å². The van der Waals surface area contributed by atoms with Crippen LogP contribution in [0.15, 0.2) is 41.4 Å². The van der Waals surface area contributed by atoms with Gasteiger partial charge in [0.2, 0.25) is 10.0 Å². The van der Waals surface area contributed by atoms with E-state index in [2.05, 4.69) is 9.82 Å². The van der Waals surface area contributed by atoms with E-state index in [0.29, 0.717) is 16.6 Å². The van der Waals surface area contributed by atoms with Gasteiger partial charge >= 0.3 is 0 Å². The van der Waals surface area contributed by atoms with E-state index in [1.54, 1.807) is 6.20 Å². The Labute approximate surface area is 150 Å². The van der Waals surface area contributed by atoms with Gasteiger partial charge in [0.15, 0.2) is 0 Å². The molecule has 0 atom stereocenters. The summed E-state index contributed by atoms with van der Waals surface area (Å²) in [5, 5.41) is 4.68. The standard InChI is InChI=1S/C19H27N3O2S/c1-19(2,3)18-17(14-22(21-18)16-11-7-8-12-16)25(23,24)20-13-15-9-5-4-6-10-15/h4-6,9-10,14,16,20H,7-8,11-13H2,1-3H3. The van der Waals surface area contributed by atoms with Crippen LogP contribution in [-0.2, 0) is 22.0 Å². The van der Waals surface area contributed by atoms with Gasteiger partial charge in [0, 0.05) is 18.2 Å². The van der Waals surface area contributed by atoms with Crippen LogP contribution in [0.1, 0.15) is 63.8 Å². The maximum Gasteiger partial charge on any atom is 0.244 e. The topological polar surface area (TPSA) is 64.0 Å². The predicted molar refractivity (Wildman–Crippen MR) is 98.9 cm³/mol. The van der Waals surface area contributed by atoms with Gasteiger partial charge in [-0.05, 0) is 18.4 Å². The monoisotopic (exact) mass is 361 g/mol. The van der Waals surface area contributed by atoms with Crippen LogP contribution in [-0.4, -0.2) is 18.2 Å². The molecule has 5 nitrogen and oxygen atoms in total. The highest BCUT2D eigenvalue weighted by Gasteiger charge is 2.31. The van der Waals surface area contributed by atoms with Crippen molar-refractivity contribution in [1.82, 2.24) is 14.5 Å². The fraction of sp³-hybridized carbons (Fsp3) is 0.526. The number of hydrogen-bond acceptors (Lipinski definition) is 3. The molecule has 136 valence electrons. The number of benzene rings is 1. The largest absolute Gasteiger partial charge is 0.268 e. The molecule has 0 amide bonds. The second-order valence-electron chi connectivity index (χ2n) is 7.82. The van der Waals surface area contributed by atoms with Crippen LogP contribution < -0.4 is 4.72 Å². The highest BCUT2D eigenvalue weighted by Crippen LogP contribution is 2.33. The van der Waals surface area contributed by atoms with Crippen molar-refractivity contribution < 1.29 is 8.42 Å². The van der Waals surface area contributed by atoms with Crippen molar-refractivity contribution in [3.8, 4) is 0 Å². The van der Waals surface area contributed by atoms with E-state index in [1.165, 1.54) is 12.8 Å². The third kappa shape index (κ3) is 4.12. The summed E-state index contributed by atoms with van der Waals surface area (Å²) in [6.45, 7) is 6.29. The van der Waals surface area contributed by atoms with Crippen molar-refractivity contribution in [2.45, 2.75) is 69.4 Å². The third-order valence-corrected chi connectivity index (χ3v) is 6.11. The first kappa shape index (κ1) is 18.1. The molecule has 2 aromatic rings. The van der Waals surface area contributed by atoms with E-state index in [0.717, 1.165) is 18.4 Å². The molecule has 0 unspecified atom stereocenters. The Kier molecular flexibility index (Phi) is 5.02. The molecule has 0 spiro atoms. The lowest BCUT2D eigenvalue weighted by Gasteiger charge is -2.18. The second-order valence-corrected chi connectivity index (χ2v) is 9.56. The minimum absolute atomic E-state index is 0.279. The molecule has 6 heteroatoms. The SMILES string of the molecule is CC(C)(C)c1nn(C2CCCC2)cc1S(=O)(=O)NCc1ccccc1. The molecule has 0 radical (unpaired) electrons. The molecular formula is C19H27N3O2S. The van der Waals surface area contributed by atoms with Gasteiger partial charge in [-0.15, -0.1) is 0 Å². The van der Waals surface area contributed by atoms with E-state index < -0.39 is 10.0 Å². The zero-order valence-electron chi connectivity index (χ0n) is 15.2. The highest BCUT2D eigenvalue weighted by atomic mass is 32.2. The summed E-state index contributed by atoms with van der Waals surface area (Å²) in [6.07, 6.45) is 6.24. The third-order valence-electron chi connectivity index (χ3n) is 4.71. The second kappa shape index (κ2) is 6.92. The first-order valence-corrected chi connectivity index (χ1v) is 10.4. The Balaban J connectivity index is 1.90. The summed E-state index contributed by atoms with van der Waals surface area (Å²) in [5.74, 6) is 0. The van der Waals surface area contributed by atoms with Crippen molar-refractivity contribution in [1.29, 1.82) is 0 Å². The van der Waals surface area contributed by atoms with Gasteiger partial charge in [0.25, 0.3) is 0 Å². The molecule has 1 heterocycles. The predicted octanol–water partition coefficient (Wildman–Crippen LogP) is 3.77. The smallest absolute Gasteiger partial charge is 0.244 e. The summed E-state index contributed by atoms with van der Waals surface area (Å²) in [5.41, 5.74) is 1.24. The lowest BCUT2D eigenvalue weighted by Crippen LogP contribution is -2.26. The number of rotatable bonds is 5. The zero-order chi connectivity index (χ0) is 18.1. The van der Waals surface area contributed by atoms with Crippen LogP contribution in [0, 0.1) is 0 Å². The van der Waals surface area contributed by atoms with Crippen LogP contribution in [0.3, 0.4) is 0 Å². The number of sulfonamides is 1. The fourth-order valence-corrected chi connectivity index (χ4v) is 4.66. The van der Waals surface area contributed by atoms with E-state index in [-0.39, 0.29) is 12.0 Å². The maximum absolute atomic E-state index is 12.9. The van der Waals surface area contributed by atoms with Crippen molar-refractivity contribution in [3.05, 3.63) is 47.8 Å². The van der Waals surface area contributed by atoms with E-state index >= 15 is 0 Å². The number of aromatic nitrogens is 2. The fourth-order valence-electron chi connectivity index (χ4n) is 3.30. The Hall–Kier alpha value is -1.66. The van der Waals surface area contributed by atoms with Crippen LogP contribution in [0.2, 0.25) is 0 Å². The highest BCUT2D eigenvalue weighted by molar-refractivity contribution is 7.89.